The smallest absolute Gasteiger partial charge is 0.358 e. The van der Waals surface area contributed by atoms with Gasteiger partial charge in [0.1, 0.15) is 0 Å². The Hall–Kier alpha value is -1.92. The van der Waals surface area contributed by atoms with E-state index in [4.69, 9.17) is 0 Å². The summed E-state index contributed by atoms with van der Waals surface area (Å²) in [6.07, 6.45) is 2.57. The monoisotopic (exact) mass is 280 g/mol. The summed E-state index contributed by atoms with van der Waals surface area (Å²) in [5.74, 6) is 0.496. The molecule has 1 amide bonds. The van der Waals surface area contributed by atoms with Crippen molar-refractivity contribution < 1.29 is 9.72 Å². The normalized spacial score (nSPS) is 19.1. The second kappa shape index (κ2) is 6.02. The van der Waals surface area contributed by atoms with Gasteiger partial charge in [0, 0.05) is 19.5 Å². The first-order valence-electron chi connectivity index (χ1n) is 6.94. The van der Waals surface area contributed by atoms with Crippen LogP contribution in [-0.2, 0) is 11.3 Å². The molecule has 1 aliphatic rings. The number of nitro groups is 1. The van der Waals surface area contributed by atoms with Gasteiger partial charge in [-0.1, -0.05) is 6.92 Å². The van der Waals surface area contributed by atoms with Crippen LogP contribution in [0.1, 0.15) is 31.9 Å². The van der Waals surface area contributed by atoms with Crippen molar-refractivity contribution in [2.45, 2.75) is 39.7 Å². The van der Waals surface area contributed by atoms with Crippen LogP contribution in [-0.4, -0.2) is 38.6 Å². The molecule has 1 aliphatic heterocycles. The van der Waals surface area contributed by atoms with Gasteiger partial charge in [-0.25, -0.2) is 0 Å². The van der Waals surface area contributed by atoms with Gasteiger partial charge in [-0.3, -0.25) is 4.79 Å². The van der Waals surface area contributed by atoms with Crippen molar-refractivity contribution in [3.05, 3.63) is 21.9 Å². The molecule has 20 heavy (non-hydrogen) atoms. The number of carbonyl (C=O) groups excluding carboxylic acids is 1. The standard InChI is InChI=1S/C13H20N4O3/c1-10-4-3-6-15(9-10)13(18)5-7-16-11(2)8-12(14-16)17(19)20/h8,10H,3-7,9H2,1-2H3. The molecule has 0 bridgehead atoms. The number of likely N-dealkylation sites (tertiary alicyclic amines) is 1. The fraction of sp³-hybridized carbons (Fsp3) is 0.692. The summed E-state index contributed by atoms with van der Waals surface area (Å²) < 4.78 is 1.53. The van der Waals surface area contributed by atoms with E-state index in [0.29, 0.717) is 24.6 Å². The highest BCUT2D eigenvalue weighted by Gasteiger charge is 2.22. The first-order chi connectivity index (χ1) is 9.47. The summed E-state index contributed by atoms with van der Waals surface area (Å²) in [5.41, 5.74) is 0.705. The lowest BCUT2D eigenvalue weighted by Crippen LogP contribution is -2.39. The second-order valence-electron chi connectivity index (χ2n) is 5.46. The Morgan fingerprint density at radius 2 is 2.35 bits per heavy atom. The largest absolute Gasteiger partial charge is 0.390 e. The summed E-state index contributed by atoms with van der Waals surface area (Å²) in [6.45, 7) is 5.94. The molecular weight excluding hydrogens is 260 g/mol. The molecule has 1 fully saturated rings. The Labute approximate surface area is 117 Å². The number of carbonyl (C=O) groups is 1. The Bertz CT molecular complexity index is 512. The Morgan fingerprint density at radius 1 is 1.60 bits per heavy atom. The van der Waals surface area contributed by atoms with Crippen molar-refractivity contribution in [1.82, 2.24) is 14.7 Å². The van der Waals surface area contributed by atoms with Gasteiger partial charge in [0.15, 0.2) is 0 Å². The summed E-state index contributed by atoms with van der Waals surface area (Å²) in [6, 6.07) is 1.42. The van der Waals surface area contributed by atoms with Crippen molar-refractivity contribution >= 4 is 11.7 Å². The summed E-state index contributed by atoms with van der Waals surface area (Å²) in [7, 11) is 0. The minimum atomic E-state index is -0.516. The average Bonchev–Trinajstić information content (AvgIpc) is 2.77. The van der Waals surface area contributed by atoms with Crippen LogP contribution in [0, 0.1) is 23.0 Å². The van der Waals surface area contributed by atoms with Crippen molar-refractivity contribution in [2.75, 3.05) is 13.1 Å². The van der Waals surface area contributed by atoms with E-state index >= 15 is 0 Å². The van der Waals surface area contributed by atoms with Gasteiger partial charge in [0.2, 0.25) is 5.91 Å². The third-order valence-corrected chi connectivity index (χ3v) is 3.70. The first kappa shape index (κ1) is 14.5. The molecule has 0 saturated carbocycles. The number of aromatic nitrogens is 2. The van der Waals surface area contributed by atoms with Crippen LogP contribution < -0.4 is 0 Å². The lowest BCUT2D eigenvalue weighted by atomic mass is 10.00. The maximum absolute atomic E-state index is 12.1. The molecule has 0 N–H and O–H groups in total. The topological polar surface area (TPSA) is 81.3 Å². The van der Waals surface area contributed by atoms with Gasteiger partial charge in [0.05, 0.1) is 23.4 Å². The van der Waals surface area contributed by atoms with Crippen LogP contribution in [0.3, 0.4) is 0 Å². The molecule has 1 aromatic heterocycles. The van der Waals surface area contributed by atoms with Gasteiger partial charge in [-0.2, -0.15) is 4.68 Å². The number of nitrogens with zero attached hydrogens (tertiary/aromatic N) is 4. The number of amides is 1. The van der Waals surface area contributed by atoms with Crippen LogP contribution in [0.25, 0.3) is 0 Å². The lowest BCUT2D eigenvalue weighted by molar-refractivity contribution is -0.389. The highest BCUT2D eigenvalue weighted by molar-refractivity contribution is 5.76. The van der Waals surface area contributed by atoms with Gasteiger partial charge in [0.25, 0.3) is 0 Å². The Balaban J connectivity index is 1.91. The van der Waals surface area contributed by atoms with Crippen molar-refractivity contribution in [2.24, 2.45) is 5.92 Å². The Kier molecular flexibility index (Phi) is 4.36. The maximum atomic E-state index is 12.1. The molecule has 2 rings (SSSR count). The van der Waals surface area contributed by atoms with Gasteiger partial charge >= 0.3 is 5.82 Å². The van der Waals surface area contributed by atoms with E-state index in [1.54, 1.807) is 6.92 Å². The molecule has 1 unspecified atom stereocenters. The molecule has 0 spiro atoms. The van der Waals surface area contributed by atoms with Crippen molar-refractivity contribution in [1.29, 1.82) is 0 Å². The van der Waals surface area contributed by atoms with E-state index in [2.05, 4.69) is 12.0 Å². The summed E-state index contributed by atoms with van der Waals surface area (Å²) >= 11 is 0. The number of piperidine rings is 1. The molecule has 110 valence electrons. The van der Waals surface area contributed by atoms with Crippen LogP contribution in [0.15, 0.2) is 6.07 Å². The van der Waals surface area contributed by atoms with E-state index in [1.807, 2.05) is 4.90 Å². The molecule has 0 aromatic carbocycles. The zero-order valence-corrected chi connectivity index (χ0v) is 11.9. The molecule has 0 aliphatic carbocycles. The van der Waals surface area contributed by atoms with Crippen molar-refractivity contribution in [3.8, 4) is 0 Å². The van der Waals surface area contributed by atoms with Crippen molar-refractivity contribution in [3.63, 3.8) is 0 Å². The zero-order valence-electron chi connectivity index (χ0n) is 11.9. The summed E-state index contributed by atoms with van der Waals surface area (Å²) in [4.78, 5) is 24.1. The van der Waals surface area contributed by atoms with E-state index in [0.717, 1.165) is 19.5 Å². The quantitative estimate of drug-likeness (QED) is 0.621. The lowest BCUT2D eigenvalue weighted by Gasteiger charge is -2.30. The van der Waals surface area contributed by atoms with Crippen LogP contribution in [0.2, 0.25) is 0 Å². The minimum Gasteiger partial charge on any atom is -0.358 e. The predicted molar refractivity (Wildman–Crippen MR) is 73.2 cm³/mol. The van der Waals surface area contributed by atoms with Gasteiger partial charge < -0.3 is 15.0 Å². The van der Waals surface area contributed by atoms with E-state index in [-0.39, 0.29) is 11.7 Å². The molecule has 1 aromatic rings. The molecular formula is C13H20N4O3. The fourth-order valence-electron chi connectivity index (χ4n) is 2.58. The molecule has 0 radical (unpaired) electrons. The Morgan fingerprint density at radius 3 is 2.95 bits per heavy atom. The molecule has 1 atom stereocenters. The van der Waals surface area contributed by atoms with Gasteiger partial charge in [-0.05, 0) is 30.6 Å². The summed E-state index contributed by atoms with van der Waals surface area (Å²) in [5, 5.41) is 14.5. The van der Waals surface area contributed by atoms with Crippen LogP contribution in [0.4, 0.5) is 5.82 Å². The van der Waals surface area contributed by atoms with Crippen LogP contribution in [0.5, 0.6) is 0 Å². The maximum Gasteiger partial charge on any atom is 0.390 e. The number of hydrogen-bond acceptors (Lipinski definition) is 4. The first-order valence-corrected chi connectivity index (χ1v) is 6.94. The van der Waals surface area contributed by atoms with E-state index in [9.17, 15) is 14.9 Å². The number of aryl methyl sites for hydroxylation is 2. The fourth-order valence-corrected chi connectivity index (χ4v) is 2.58. The third kappa shape index (κ3) is 3.34. The predicted octanol–water partition coefficient (Wildman–Crippen LogP) is 1.75. The number of hydrogen-bond donors (Lipinski definition) is 0. The average molecular weight is 280 g/mol. The molecule has 7 nitrogen and oxygen atoms in total. The SMILES string of the molecule is Cc1cc([N+](=O)[O-])nn1CCC(=O)N1CCCC(C)C1. The molecule has 2 heterocycles. The molecule has 1 saturated heterocycles. The van der Waals surface area contributed by atoms with Crippen LogP contribution >= 0.6 is 0 Å². The molecule has 7 heteroatoms. The third-order valence-electron chi connectivity index (χ3n) is 3.70. The second-order valence-corrected chi connectivity index (χ2v) is 5.46. The van der Waals surface area contributed by atoms with E-state index in [1.165, 1.54) is 17.2 Å². The number of rotatable bonds is 4. The highest BCUT2D eigenvalue weighted by Crippen LogP contribution is 2.17. The van der Waals surface area contributed by atoms with E-state index < -0.39 is 4.92 Å². The highest BCUT2D eigenvalue weighted by atomic mass is 16.6. The minimum absolute atomic E-state index is 0.106. The zero-order chi connectivity index (χ0) is 14.7. The van der Waals surface area contributed by atoms with Gasteiger partial charge in [-0.15, -0.1) is 0 Å².